The summed E-state index contributed by atoms with van der Waals surface area (Å²) in [5.74, 6) is 0. The van der Waals surface area contributed by atoms with E-state index in [1.54, 1.807) is 0 Å². The second-order valence-corrected chi connectivity index (χ2v) is 5.59. The summed E-state index contributed by atoms with van der Waals surface area (Å²) < 4.78 is 16.3. The minimum Gasteiger partial charge on any atom is -0.324 e. The Kier molecular flexibility index (Phi) is 8.55. The summed E-state index contributed by atoms with van der Waals surface area (Å²) in [6.07, 6.45) is 6.33. The quantitative estimate of drug-likeness (QED) is 0.479. The average Bonchev–Trinajstić information content (AvgIpc) is 2.15. The lowest BCUT2D eigenvalue weighted by Gasteiger charge is -2.11. The first kappa shape index (κ1) is 14.2. The van der Waals surface area contributed by atoms with Gasteiger partial charge in [-0.3, -0.25) is 4.57 Å². The molecule has 0 bridgehead atoms. The van der Waals surface area contributed by atoms with Crippen LogP contribution in [0.4, 0.5) is 0 Å². The van der Waals surface area contributed by atoms with Gasteiger partial charge in [-0.15, -0.1) is 0 Å². The van der Waals surface area contributed by atoms with E-state index in [0.717, 1.165) is 25.7 Å². The predicted octanol–water partition coefficient (Wildman–Crippen LogP) is 3.57. The van der Waals surface area contributed by atoms with Crippen LogP contribution in [0.3, 0.4) is 0 Å². The van der Waals surface area contributed by atoms with E-state index >= 15 is 0 Å². The Labute approximate surface area is 87.4 Å². The first-order chi connectivity index (χ1) is 6.62. The molecule has 1 N–H and O–H groups in total. The van der Waals surface area contributed by atoms with Crippen molar-refractivity contribution in [3.05, 3.63) is 0 Å². The van der Waals surface area contributed by atoms with Gasteiger partial charge in [0.25, 0.3) is 0 Å². The SMILES string of the molecule is CCCCCCOP(=O)(O)CCCC. The highest BCUT2D eigenvalue weighted by molar-refractivity contribution is 7.52. The van der Waals surface area contributed by atoms with Crippen molar-refractivity contribution in [1.82, 2.24) is 0 Å². The van der Waals surface area contributed by atoms with Crippen LogP contribution in [-0.4, -0.2) is 17.7 Å². The van der Waals surface area contributed by atoms with Crippen LogP contribution in [0.25, 0.3) is 0 Å². The Morgan fingerprint density at radius 2 is 1.71 bits per heavy atom. The molecule has 14 heavy (non-hydrogen) atoms. The predicted molar refractivity (Wildman–Crippen MR) is 59.7 cm³/mol. The van der Waals surface area contributed by atoms with Crippen LogP contribution >= 0.6 is 7.60 Å². The van der Waals surface area contributed by atoms with E-state index in [4.69, 9.17) is 4.52 Å². The molecule has 0 fully saturated rings. The Balaban J connectivity index is 3.40. The highest BCUT2D eigenvalue weighted by Gasteiger charge is 2.17. The molecule has 0 aromatic heterocycles. The van der Waals surface area contributed by atoms with Crippen LogP contribution in [0.2, 0.25) is 0 Å². The molecule has 0 heterocycles. The number of hydrogen-bond donors (Lipinski definition) is 1. The molecule has 0 saturated carbocycles. The van der Waals surface area contributed by atoms with Gasteiger partial charge in [0.15, 0.2) is 0 Å². The summed E-state index contributed by atoms with van der Waals surface area (Å²) in [6.45, 7) is 4.57. The van der Waals surface area contributed by atoms with Crippen LogP contribution in [0, 0.1) is 0 Å². The number of hydrogen-bond acceptors (Lipinski definition) is 2. The molecule has 1 atom stereocenters. The Morgan fingerprint density at radius 3 is 2.29 bits per heavy atom. The van der Waals surface area contributed by atoms with Gasteiger partial charge in [-0.05, 0) is 12.8 Å². The van der Waals surface area contributed by atoms with Crippen molar-refractivity contribution in [3.8, 4) is 0 Å². The standard InChI is InChI=1S/C10H23O3P/c1-3-5-7-8-9-13-14(11,12)10-6-4-2/h3-10H2,1-2H3,(H,11,12). The fourth-order valence-electron chi connectivity index (χ4n) is 1.16. The van der Waals surface area contributed by atoms with Crippen LogP contribution < -0.4 is 0 Å². The topological polar surface area (TPSA) is 46.5 Å². The van der Waals surface area contributed by atoms with Gasteiger partial charge in [-0.2, -0.15) is 0 Å². The van der Waals surface area contributed by atoms with E-state index in [2.05, 4.69) is 6.92 Å². The fourth-order valence-corrected chi connectivity index (χ4v) is 2.42. The molecular weight excluding hydrogens is 199 g/mol. The van der Waals surface area contributed by atoms with E-state index in [1.807, 2.05) is 6.92 Å². The zero-order valence-electron chi connectivity index (χ0n) is 9.37. The van der Waals surface area contributed by atoms with Gasteiger partial charge in [-0.1, -0.05) is 39.5 Å². The van der Waals surface area contributed by atoms with E-state index in [0.29, 0.717) is 12.8 Å². The third kappa shape index (κ3) is 8.74. The van der Waals surface area contributed by atoms with Gasteiger partial charge < -0.3 is 9.42 Å². The molecule has 1 unspecified atom stereocenters. The molecule has 0 radical (unpaired) electrons. The zero-order valence-corrected chi connectivity index (χ0v) is 10.3. The first-order valence-corrected chi connectivity index (χ1v) is 7.35. The van der Waals surface area contributed by atoms with Crippen molar-refractivity contribution in [2.45, 2.75) is 52.4 Å². The molecule has 0 spiro atoms. The highest BCUT2D eigenvalue weighted by Crippen LogP contribution is 2.42. The van der Waals surface area contributed by atoms with Gasteiger partial charge >= 0.3 is 7.60 Å². The molecule has 0 aromatic rings. The maximum atomic E-state index is 11.3. The molecule has 86 valence electrons. The lowest BCUT2D eigenvalue weighted by molar-refractivity contribution is 0.252. The first-order valence-electron chi connectivity index (χ1n) is 5.58. The van der Waals surface area contributed by atoms with Gasteiger partial charge in [0.1, 0.15) is 0 Å². The van der Waals surface area contributed by atoms with Crippen LogP contribution in [0.1, 0.15) is 52.4 Å². The lowest BCUT2D eigenvalue weighted by atomic mass is 10.2. The Hall–Kier alpha value is 0.150. The molecule has 0 aliphatic heterocycles. The van der Waals surface area contributed by atoms with Gasteiger partial charge in [0.2, 0.25) is 0 Å². The summed E-state index contributed by atoms with van der Waals surface area (Å²) in [7, 11) is -3.26. The molecule has 3 nitrogen and oxygen atoms in total. The smallest absolute Gasteiger partial charge is 0.324 e. The third-order valence-corrected chi connectivity index (χ3v) is 3.55. The fraction of sp³-hybridized carbons (Fsp3) is 1.00. The molecule has 0 aromatic carbocycles. The maximum absolute atomic E-state index is 11.3. The Morgan fingerprint density at radius 1 is 1.07 bits per heavy atom. The average molecular weight is 222 g/mol. The summed E-state index contributed by atoms with van der Waals surface area (Å²) >= 11 is 0. The largest absolute Gasteiger partial charge is 0.328 e. The Bertz CT molecular complexity index is 171. The van der Waals surface area contributed by atoms with Crippen molar-refractivity contribution in [1.29, 1.82) is 0 Å². The minimum absolute atomic E-state index is 0.303. The monoisotopic (exact) mass is 222 g/mol. The molecule has 4 heteroatoms. The van der Waals surface area contributed by atoms with Gasteiger partial charge in [0, 0.05) is 6.16 Å². The number of unbranched alkanes of at least 4 members (excludes halogenated alkanes) is 4. The van der Waals surface area contributed by atoms with E-state index in [9.17, 15) is 9.46 Å². The maximum Gasteiger partial charge on any atom is 0.328 e. The summed E-state index contributed by atoms with van der Waals surface area (Å²) in [5.41, 5.74) is 0. The van der Waals surface area contributed by atoms with Crippen LogP contribution in [-0.2, 0) is 9.09 Å². The molecule has 0 aliphatic rings. The zero-order chi connectivity index (χ0) is 10.9. The number of rotatable bonds is 9. The third-order valence-electron chi connectivity index (χ3n) is 2.09. The van der Waals surface area contributed by atoms with Crippen LogP contribution in [0.15, 0.2) is 0 Å². The summed E-state index contributed by atoms with van der Waals surface area (Å²) in [5, 5.41) is 0. The normalized spacial score (nSPS) is 15.4. The second kappa shape index (κ2) is 8.46. The van der Waals surface area contributed by atoms with E-state index in [1.165, 1.54) is 12.8 Å². The molecule has 0 amide bonds. The minimum atomic E-state index is -3.26. The highest BCUT2D eigenvalue weighted by atomic mass is 31.2. The van der Waals surface area contributed by atoms with E-state index in [-0.39, 0.29) is 0 Å². The molecule has 0 saturated heterocycles. The summed E-state index contributed by atoms with van der Waals surface area (Å²) in [4.78, 5) is 9.34. The summed E-state index contributed by atoms with van der Waals surface area (Å²) in [6, 6.07) is 0. The second-order valence-electron chi connectivity index (χ2n) is 3.61. The van der Waals surface area contributed by atoms with Crippen LogP contribution in [0.5, 0.6) is 0 Å². The lowest BCUT2D eigenvalue weighted by Crippen LogP contribution is -1.97. The van der Waals surface area contributed by atoms with Crippen molar-refractivity contribution < 1.29 is 14.0 Å². The van der Waals surface area contributed by atoms with E-state index < -0.39 is 7.60 Å². The van der Waals surface area contributed by atoms with Crippen molar-refractivity contribution in [2.24, 2.45) is 0 Å². The van der Waals surface area contributed by atoms with Crippen molar-refractivity contribution in [3.63, 3.8) is 0 Å². The van der Waals surface area contributed by atoms with Gasteiger partial charge in [0.05, 0.1) is 6.61 Å². The molecule has 0 aliphatic carbocycles. The van der Waals surface area contributed by atoms with Gasteiger partial charge in [-0.25, -0.2) is 0 Å². The van der Waals surface area contributed by atoms with Crippen molar-refractivity contribution in [2.75, 3.05) is 12.8 Å². The molecular formula is C10H23O3P. The molecule has 0 rings (SSSR count). The van der Waals surface area contributed by atoms with Crippen molar-refractivity contribution >= 4 is 7.60 Å².